The molecule has 36 heavy (non-hydrogen) atoms. The minimum atomic E-state index is -0.713. The molecule has 4 aromatic rings. The Labute approximate surface area is 208 Å². The van der Waals surface area contributed by atoms with Crippen molar-refractivity contribution in [3.8, 4) is 17.5 Å². The largest absolute Gasteiger partial charge is 0.495 e. The molecule has 0 unspecified atom stereocenters. The Bertz CT molecular complexity index is 1680. The molecule has 0 saturated heterocycles. The van der Waals surface area contributed by atoms with Gasteiger partial charge in [0.05, 0.1) is 27.9 Å². The number of non-ortho nitro benzene ring substituents is 1. The number of hydrogen-bond donors (Lipinski definition) is 1. The van der Waals surface area contributed by atoms with E-state index < -0.39 is 16.4 Å². The highest BCUT2D eigenvalue weighted by Gasteiger charge is 2.18. The average molecular weight is 499 g/mol. The van der Waals surface area contributed by atoms with Gasteiger partial charge >= 0.3 is 0 Å². The molecule has 0 aliphatic heterocycles. The number of methoxy groups -OCH3 is 1. The smallest absolute Gasteiger partial charge is 0.273 e. The van der Waals surface area contributed by atoms with Gasteiger partial charge in [-0.05, 0) is 35.9 Å². The topological polar surface area (TPSA) is 127 Å². The summed E-state index contributed by atoms with van der Waals surface area (Å²) in [5.74, 6) is -0.302. The Morgan fingerprint density at radius 2 is 1.83 bits per heavy atom. The first-order valence-corrected chi connectivity index (χ1v) is 11.4. The minimum Gasteiger partial charge on any atom is -0.495 e. The first kappa shape index (κ1) is 24.1. The van der Waals surface area contributed by atoms with Crippen LogP contribution in [0.1, 0.15) is 5.56 Å². The lowest BCUT2D eigenvalue weighted by atomic mass is 10.2. The molecule has 0 aliphatic carbocycles. The number of amides is 1. The highest BCUT2D eigenvalue weighted by molar-refractivity contribution is 7.07. The standard InChI is InChI=1S/C26H18N4O5S/c1-35-22-13-6-5-12-21(22)28-24(31)20(16-27)26-29(18-9-3-2-4-10-18)25(32)23(36-26)15-17-8-7-11-19(14-17)30(33)34/h2-15H,1H3,(H,28,31). The monoisotopic (exact) mass is 498 g/mol. The normalized spacial score (nSPS) is 11.9. The molecule has 0 saturated carbocycles. The fraction of sp³-hybridized carbons (Fsp3) is 0.0385. The predicted octanol–water partition coefficient (Wildman–Crippen LogP) is 2.96. The number of nitrogens with zero attached hydrogens (tertiary/aromatic N) is 3. The van der Waals surface area contributed by atoms with Gasteiger partial charge in [-0.25, -0.2) is 0 Å². The molecule has 3 aromatic carbocycles. The van der Waals surface area contributed by atoms with E-state index in [2.05, 4.69) is 5.32 Å². The van der Waals surface area contributed by atoms with Gasteiger partial charge in [0.1, 0.15) is 16.5 Å². The van der Waals surface area contributed by atoms with Crippen molar-refractivity contribution in [3.05, 3.63) is 114 Å². The summed E-state index contributed by atoms with van der Waals surface area (Å²) in [6.45, 7) is 0. The summed E-state index contributed by atoms with van der Waals surface area (Å²) in [6.07, 6.45) is 1.50. The molecule has 0 atom stereocenters. The number of nitriles is 1. The lowest BCUT2D eigenvalue weighted by molar-refractivity contribution is -0.384. The number of rotatable bonds is 6. The highest BCUT2D eigenvalue weighted by atomic mass is 32.1. The van der Waals surface area contributed by atoms with Gasteiger partial charge in [-0.2, -0.15) is 5.26 Å². The summed E-state index contributed by atoms with van der Waals surface area (Å²) in [4.78, 5) is 37.2. The zero-order valence-electron chi connectivity index (χ0n) is 18.9. The number of ether oxygens (including phenoxy) is 1. The van der Waals surface area contributed by atoms with E-state index in [0.717, 1.165) is 11.3 Å². The van der Waals surface area contributed by atoms with E-state index in [1.54, 1.807) is 60.7 Å². The first-order valence-electron chi connectivity index (χ1n) is 10.5. The maximum Gasteiger partial charge on any atom is 0.273 e. The van der Waals surface area contributed by atoms with E-state index >= 15 is 0 Å². The van der Waals surface area contributed by atoms with Crippen molar-refractivity contribution in [3.63, 3.8) is 0 Å². The van der Waals surface area contributed by atoms with Gasteiger partial charge in [-0.3, -0.25) is 24.3 Å². The molecule has 0 radical (unpaired) electrons. The van der Waals surface area contributed by atoms with E-state index in [4.69, 9.17) is 4.74 Å². The van der Waals surface area contributed by atoms with Crippen LogP contribution in [-0.2, 0) is 4.79 Å². The Morgan fingerprint density at radius 3 is 2.53 bits per heavy atom. The molecule has 4 rings (SSSR count). The number of benzene rings is 3. The lowest BCUT2D eigenvalue weighted by Crippen LogP contribution is -2.32. The fourth-order valence-electron chi connectivity index (χ4n) is 3.47. The van der Waals surface area contributed by atoms with E-state index in [0.29, 0.717) is 22.7 Å². The van der Waals surface area contributed by atoms with Gasteiger partial charge < -0.3 is 10.1 Å². The molecule has 0 aliphatic rings. The number of nitro benzene ring substituents is 1. The Kier molecular flexibility index (Phi) is 7.04. The predicted molar refractivity (Wildman–Crippen MR) is 136 cm³/mol. The SMILES string of the molecule is COc1ccccc1NC(=O)C(C#N)=c1sc(=Cc2cccc([N+](=O)[O-])c2)c(=O)n1-c1ccccc1. The fourth-order valence-corrected chi connectivity index (χ4v) is 4.57. The quantitative estimate of drug-likeness (QED) is 0.322. The third kappa shape index (κ3) is 4.91. The molecule has 10 heteroatoms. The maximum atomic E-state index is 13.4. The van der Waals surface area contributed by atoms with Crippen molar-refractivity contribution in [1.82, 2.24) is 4.57 Å². The van der Waals surface area contributed by atoms with E-state index in [1.165, 1.54) is 36.0 Å². The maximum absolute atomic E-state index is 13.4. The van der Waals surface area contributed by atoms with Crippen LogP contribution in [0, 0.1) is 21.4 Å². The highest BCUT2D eigenvalue weighted by Crippen LogP contribution is 2.23. The molecule has 0 fully saturated rings. The average Bonchev–Trinajstić information content (AvgIpc) is 3.20. The van der Waals surface area contributed by atoms with Crippen molar-refractivity contribution < 1.29 is 14.5 Å². The van der Waals surface area contributed by atoms with E-state index in [-0.39, 0.29) is 20.5 Å². The number of carbonyl (C=O) groups is 1. The van der Waals surface area contributed by atoms with Crippen LogP contribution in [0.4, 0.5) is 11.4 Å². The van der Waals surface area contributed by atoms with Crippen LogP contribution in [0.2, 0.25) is 0 Å². The van der Waals surface area contributed by atoms with Crippen LogP contribution in [0.25, 0.3) is 17.3 Å². The van der Waals surface area contributed by atoms with E-state index in [1.807, 2.05) is 6.07 Å². The van der Waals surface area contributed by atoms with Gasteiger partial charge in [0, 0.05) is 12.1 Å². The number of nitro groups is 1. The molecule has 1 N–H and O–H groups in total. The summed E-state index contributed by atoms with van der Waals surface area (Å²) < 4.78 is 6.87. The second-order valence-corrected chi connectivity index (χ2v) is 8.42. The second-order valence-electron chi connectivity index (χ2n) is 7.39. The van der Waals surface area contributed by atoms with Gasteiger partial charge in [0.15, 0.2) is 5.57 Å². The van der Waals surface area contributed by atoms with Crippen molar-refractivity contribution in [2.75, 3.05) is 12.4 Å². The van der Waals surface area contributed by atoms with Crippen molar-refractivity contribution in [2.24, 2.45) is 0 Å². The molecular formula is C26H18N4O5S. The number of thiazole rings is 1. The van der Waals surface area contributed by atoms with Gasteiger partial charge in [-0.1, -0.05) is 42.5 Å². The van der Waals surface area contributed by atoms with Crippen molar-refractivity contribution in [1.29, 1.82) is 5.26 Å². The molecule has 0 spiro atoms. The van der Waals surface area contributed by atoms with Crippen LogP contribution in [0.3, 0.4) is 0 Å². The minimum absolute atomic E-state index is 0.121. The molecule has 178 valence electrons. The molecule has 0 bridgehead atoms. The Balaban J connectivity index is 1.95. The van der Waals surface area contributed by atoms with Crippen LogP contribution in [0.5, 0.6) is 5.75 Å². The lowest BCUT2D eigenvalue weighted by Gasteiger charge is -2.09. The van der Waals surface area contributed by atoms with Crippen LogP contribution < -0.4 is 24.8 Å². The Hall–Kier alpha value is -5.01. The van der Waals surface area contributed by atoms with Crippen LogP contribution >= 0.6 is 11.3 Å². The van der Waals surface area contributed by atoms with Gasteiger partial charge in [0.25, 0.3) is 17.2 Å². The molecule has 1 aromatic heterocycles. The zero-order chi connectivity index (χ0) is 25.7. The molecular weight excluding hydrogens is 480 g/mol. The zero-order valence-corrected chi connectivity index (χ0v) is 19.7. The van der Waals surface area contributed by atoms with E-state index in [9.17, 15) is 25.0 Å². The molecule has 1 heterocycles. The number of nitrogens with one attached hydrogen (secondary N) is 1. The van der Waals surface area contributed by atoms with Crippen molar-refractivity contribution >= 4 is 40.3 Å². The summed E-state index contributed by atoms with van der Waals surface area (Å²) >= 11 is 0.945. The number of hydrogen-bond acceptors (Lipinski definition) is 7. The third-order valence-corrected chi connectivity index (χ3v) is 6.22. The molecule has 9 nitrogen and oxygen atoms in total. The number of aromatic nitrogens is 1. The van der Waals surface area contributed by atoms with Gasteiger partial charge in [-0.15, -0.1) is 11.3 Å². The summed E-state index contributed by atoms with van der Waals surface area (Å²) in [5, 5.41) is 23.8. The Morgan fingerprint density at radius 1 is 1.11 bits per heavy atom. The third-order valence-electron chi connectivity index (χ3n) is 5.12. The van der Waals surface area contributed by atoms with Crippen LogP contribution in [-0.4, -0.2) is 22.5 Å². The van der Waals surface area contributed by atoms with Gasteiger partial charge in [0.2, 0.25) is 0 Å². The van der Waals surface area contributed by atoms with Crippen molar-refractivity contribution in [2.45, 2.75) is 0 Å². The summed E-state index contributed by atoms with van der Waals surface area (Å²) in [6, 6.07) is 23.1. The number of para-hydroxylation sites is 3. The second kappa shape index (κ2) is 10.5. The number of anilines is 1. The summed E-state index contributed by atoms with van der Waals surface area (Å²) in [5.41, 5.74) is 0.406. The van der Waals surface area contributed by atoms with Crippen LogP contribution in [0.15, 0.2) is 83.7 Å². The molecule has 1 amide bonds. The number of carbonyl (C=O) groups excluding carboxylic acids is 1. The first-order chi connectivity index (χ1) is 17.4. The summed E-state index contributed by atoms with van der Waals surface area (Å²) in [7, 11) is 1.46.